The summed E-state index contributed by atoms with van der Waals surface area (Å²) in [5.74, 6) is 0.217. The van der Waals surface area contributed by atoms with Gasteiger partial charge in [0.15, 0.2) is 0 Å². The standard InChI is InChI=1S/C23H28N2OS/c1-3-4-12-25(23(26)16-22-11-7-14-27-22)18-21-10-6-13-24(21)17-20-9-5-8-19(2)15-20/h5-11,13-15H,3-4,12,16-18H2,1-2H3. The third-order valence-corrected chi connectivity index (χ3v) is 5.63. The molecule has 1 aromatic carbocycles. The molecular formula is C23H28N2OS. The van der Waals surface area contributed by atoms with E-state index in [4.69, 9.17) is 0 Å². The van der Waals surface area contributed by atoms with Gasteiger partial charge in [0.25, 0.3) is 0 Å². The lowest BCUT2D eigenvalue weighted by molar-refractivity contribution is -0.131. The third kappa shape index (κ3) is 5.57. The normalized spacial score (nSPS) is 10.9. The summed E-state index contributed by atoms with van der Waals surface area (Å²) >= 11 is 1.65. The second-order valence-electron chi connectivity index (χ2n) is 7.04. The molecule has 0 saturated carbocycles. The Kier molecular flexibility index (Phi) is 6.88. The predicted molar refractivity (Wildman–Crippen MR) is 113 cm³/mol. The van der Waals surface area contributed by atoms with E-state index in [1.54, 1.807) is 11.3 Å². The molecule has 0 unspecified atom stereocenters. The van der Waals surface area contributed by atoms with Crippen molar-refractivity contribution in [2.75, 3.05) is 6.54 Å². The lowest BCUT2D eigenvalue weighted by Crippen LogP contribution is -2.33. The molecule has 4 heteroatoms. The van der Waals surface area contributed by atoms with Crippen molar-refractivity contribution < 1.29 is 4.79 Å². The summed E-state index contributed by atoms with van der Waals surface area (Å²) in [5, 5.41) is 2.03. The van der Waals surface area contributed by atoms with Gasteiger partial charge in [0.05, 0.1) is 13.0 Å². The number of rotatable bonds is 9. The lowest BCUT2D eigenvalue weighted by Gasteiger charge is -2.23. The van der Waals surface area contributed by atoms with Gasteiger partial charge in [0.2, 0.25) is 5.91 Å². The topological polar surface area (TPSA) is 25.2 Å². The van der Waals surface area contributed by atoms with E-state index in [-0.39, 0.29) is 5.91 Å². The summed E-state index contributed by atoms with van der Waals surface area (Å²) in [6.07, 6.45) is 4.74. The van der Waals surface area contributed by atoms with E-state index in [0.29, 0.717) is 13.0 Å². The second kappa shape index (κ2) is 9.56. The highest BCUT2D eigenvalue weighted by atomic mass is 32.1. The van der Waals surface area contributed by atoms with Crippen LogP contribution in [0.1, 0.15) is 41.5 Å². The zero-order valence-corrected chi connectivity index (χ0v) is 17.0. The first-order chi connectivity index (χ1) is 13.2. The summed E-state index contributed by atoms with van der Waals surface area (Å²) in [6.45, 7) is 6.61. The molecule has 0 bridgehead atoms. The molecule has 0 spiro atoms. The van der Waals surface area contributed by atoms with Gasteiger partial charge in [-0.1, -0.05) is 49.2 Å². The van der Waals surface area contributed by atoms with Gasteiger partial charge in [-0.2, -0.15) is 0 Å². The fraction of sp³-hybridized carbons (Fsp3) is 0.348. The average Bonchev–Trinajstić information content (AvgIpc) is 3.31. The molecule has 1 amide bonds. The Morgan fingerprint density at radius 2 is 2.04 bits per heavy atom. The Labute approximate surface area is 166 Å². The molecule has 142 valence electrons. The molecule has 3 rings (SSSR count). The minimum atomic E-state index is 0.217. The first-order valence-corrected chi connectivity index (χ1v) is 10.5. The summed E-state index contributed by atoms with van der Waals surface area (Å²) in [6, 6.07) is 16.9. The van der Waals surface area contributed by atoms with Gasteiger partial charge in [-0.25, -0.2) is 0 Å². The molecule has 0 atom stereocenters. The molecule has 0 radical (unpaired) electrons. The van der Waals surface area contributed by atoms with Gasteiger partial charge in [-0.05, 0) is 42.5 Å². The SMILES string of the molecule is CCCCN(Cc1cccn1Cc1cccc(C)c1)C(=O)Cc1cccs1. The number of nitrogens with zero attached hydrogens (tertiary/aromatic N) is 2. The summed E-state index contributed by atoms with van der Waals surface area (Å²) in [5.41, 5.74) is 3.75. The van der Waals surface area contributed by atoms with Crippen molar-refractivity contribution >= 4 is 17.2 Å². The summed E-state index contributed by atoms with van der Waals surface area (Å²) in [7, 11) is 0. The van der Waals surface area contributed by atoms with Crippen molar-refractivity contribution in [3.05, 3.63) is 81.8 Å². The van der Waals surface area contributed by atoms with Crippen LogP contribution in [0.2, 0.25) is 0 Å². The molecule has 3 aromatic rings. The second-order valence-corrected chi connectivity index (χ2v) is 8.07. The molecular weight excluding hydrogens is 352 g/mol. The highest BCUT2D eigenvalue weighted by Crippen LogP contribution is 2.15. The van der Waals surface area contributed by atoms with Crippen LogP contribution < -0.4 is 0 Å². The number of carbonyl (C=O) groups is 1. The molecule has 0 N–H and O–H groups in total. The highest BCUT2D eigenvalue weighted by molar-refractivity contribution is 7.10. The first kappa shape index (κ1) is 19.4. The molecule has 27 heavy (non-hydrogen) atoms. The first-order valence-electron chi connectivity index (χ1n) is 9.65. The maximum absolute atomic E-state index is 12.9. The Hall–Kier alpha value is -2.33. The van der Waals surface area contributed by atoms with E-state index in [1.165, 1.54) is 16.8 Å². The molecule has 0 aliphatic rings. The van der Waals surface area contributed by atoms with E-state index in [0.717, 1.165) is 30.8 Å². The van der Waals surface area contributed by atoms with Crippen LogP contribution in [0.15, 0.2) is 60.1 Å². The van der Waals surface area contributed by atoms with Gasteiger partial charge in [-0.3, -0.25) is 4.79 Å². The lowest BCUT2D eigenvalue weighted by atomic mass is 10.1. The van der Waals surface area contributed by atoms with E-state index in [9.17, 15) is 4.79 Å². The van der Waals surface area contributed by atoms with Crippen LogP contribution in [0.25, 0.3) is 0 Å². The van der Waals surface area contributed by atoms with Crippen LogP contribution in [0.5, 0.6) is 0 Å². The van der Waals surface area contributed by atoms with Gasteiger partial charge >= 0.3 is 0 Å². The smallest absolute Gasteiger partial charge is 0.228 e. The minimum absolute atomic E-state index is 0.217. The van der Waals surface area contributed by atoms with Crippen LogP contribution in [0.4, 0.5) is 0 Å². The largest absolute Gasteiger partial charge is 0.345 e. The quantitative estimate of drug-likeness (QED) is 0.496. The predicted octanol–water partition coefficient (Wildman–Crippen LogP) is 5.28. The van der Waals surface area contributed by atoms with Crippen molar-refractivity contribution in [2.45, 2.75) is 46.2 Å². The number of hydrogen-bond donors (Lipinski definition) is 0. The van der Waals surface area contributed by atoms with Gasteiger partial charge in [0, 0.05) is 29.9 Å². The molecule has 0 fully saturated rings. The van der Waals surface area contributed by atoms with Crippen molar-refractivity contribution in [3.63, 3.8) is 0 Å². The number of hydrogen-bond acceptors (Lipinski definition) is 2. The van der Waals surface area contributed by atoms with Crippen molar-refractivity contribution in [1.29, 1.82) is 0 Å². The number of amides is 1. The molecule has 2 aromatic heterocycles. The van der Waals surface area contributed by atoms with Gasteiger partial charge < -0.3 is 9.47 Å². The Morgan fingerprint density at radius 3 is 2.78 bits per heavy atom. The van der Waals surface area contributed by atoms with Crippen molar-refractivity contribution in [3.8, 4) is 0 Å². The monoisotopic (exact) mass is 380 g/mol. The average molecular weight is 381 g/mol. The Balaban J connectivity index is 1.71. The number of aromatic nitrogens is 1. The van der Waals surface area contributed by atoms with E-state index >= 15 is 0 Å². The Bertz CT molecular complexity index is 851. The number of carbonyl (C=O) groups excluding carboxylic acids is 1. The van der Waals surface area contributed by atoms with Gasteiger partial charge in [0.1, 0.15) is 0 Å². The maximum atomic E-state index is 12.9. The summed E-state index contributed by atoms with van der Waals surface area (Å²) in [4.78, 5) is 16.0. The summed E-state index contributed by atoms with van der Waals surface area (Å²) < 4.78 is 2.26. The zero-order chi connectivity index (χ0) is 19.1. The number of unbranched alkanes of at least 4 members (excludes halogenated alkanes) is 1. The highest BCUT2D eigenvalue weighted by Gasteiger charge is 2.16. The van der Waals surface area contributed by atoms with Crippen molar-refractivity contribution in [1.82, 2.24) is 9.47 Å². The van der Waals surface area contributed by atoms with E-state index in [2.05, 4.69) is 61.0 Å². The fourth-order valence-corrected chi connectivity index (χ4v) is 3.96. The van der Waals surface area contributed by atoms with Crippen LogP contribution in [0, 0.1) is 6.92 Å². The zero-order valence-electron chi connectivity index (χ0n) is 16.2. The van der Waals surface area contributed by atoms with Crippen LogP contribution >= 0.6 is 11.3 Å². The molecule has 0 aliphatic carbocycles. The number of thiophene rings is 1. The molecule has 2 heterocycles. The van der Waals surface area contributed by atoms with Gasteiger partial charge in [-0.15, -0.1) is 11.3 Å². The fourth-order valence-electron chi connectivity index (χ4n) is 3.26. The maximum Gasteiger partial charge on any atom is 0.228 e. The molecule has 0 aliphatic heterocycles. The minimum Gasteiger partial charge on any atom is -0.345 e. The molecule has 3 nitrogen and oxygen atoms in total. The van der Waals surface area contributed by atoms with E-state index in [1.807, 2.05) is 22.4 Å². The third-order valence-electron chi connectivity index (χ3n) is 4.75. The Morgan fingerprint density at radius 1 is 1.15 bits per heavy atom. The van der Waals surface area contributed by atoms with Crippen molar-refractivity contribution in [2.24, 2.45) is 0 Å². The number of aryl methyl sites for hydroxylation is 1. The van der Waals surface area contributed by atoms with Crippen LogP contribution in [0.3, 0.4) is 0 Å². The van der Waals surface area contributed by atoms with Crippen LogP contribution in [-0.2, 0) is 24.3 Å². The van der Waals surface area contributed by atoms with E-state index < -0.39 is 0 Å². The number of benzene rings is 1. The molecule has 0 saturated heterocycles. The van der Waals surface area contributed by atoms with Crippen LogP contribution in [-0.4, -0.2) is 21.9 Å².